The third-order valence-electron chi connectivity index (χ3n) is 2.41. The Morgan fingerprint density at radius 3 is 2.65 bits per heavy atom. The fraction of sp³-hybridized carbons (Fsp3) is 0.462. The maximum atomic E-state index is 12.5. The third kappa shape index (κ3) is 6.26. The molecule has 0 bridgehead atoms. The second-order valence-electron chi connectivity index (χ2n) is 3.99. The summed E-state index contributed by atoms with van der Waals surface area (Å²) < 4.78 is 40.3. The smallest absolute Gasteiger partial charge is 0.261 e. The lowest BCUT2D eigenvalue weighted by atomic mass is 10.2. The van der Waals surface area contributed by atoms with E-state index in [1.54, 1.807) is 18.2 Å². The van der Waals surface area contributed by atoms with Crippen LogP contribution in [0.15, 0.2) is 18.2 Å². The number of aldehydes is 1. The molecule has 0 radical (unpaired) electrons. The summed E-state index contributed by atoms with van der Waals surface area (Å²) in [5.74, 6) is 0.938. The van der Waals surface area contributed by atoms with Gasteiger partial charge in [0.25, 0.3) is 5.66 Å². The molecule has 20 heavy (non-hydrogen) atoms. The Bertz CT molecular complexity index is 435. The number of halogens is 2. The van der Waals surface area contributed by atoms with Crippen LogP contribution in [0.1, 0.15) is 16.8 Å². The van der Waals surface area contributed by atoms with E-state index in [1.165, 1.54) is 16.3 Å². The molecule has 0 saturated carbocycles. The molecule has 1 aromatic rings. The largest absolute Gasteiger partial charge is 0.496 e. The molecule has 0 fully saturated rings. The Labute approximate surface area is 118 Å². The zero-order valence-electron chi connectivity index (χ0n) is 11.1. The highest BCUT2D eigenvalue weighted by Gasteiger charge is 2.20. The summed E-state index contributed by atoms with van der Waals surface area (Å²) in [4.78, 5) is 10.7. The van der Waals surface area contributed by atoms with Crippen molar-refractivity contribution in [2.45, 2.75) is 12.1 Å². The molecule has 0 heterocycles. The van der Waals surface area contributed by atoms with E-state index in [-0.39, 0.29) is 26.2 Å². The Morgan fingerprint density at radius 2 is 2.05 bits per heavy atom. The lowest BCUT2D eigenvalue weighted by molar-refractivity contribution is 0.0334. The van der Waals surface area contributed by atoms with Gasteiger partial charge in [0.05, 0.1) is 25.9 Å². The van der Waals surface area contributed by atoms with Crippen molar-refractivity contribution in [3.63, 3.8) is 0 Å². The second kappa shape index (κ2) is 8.12. The molecule has 4 nitrogen and oxygen atoms in total. The molecule has 1 rings (SSSR count). The molecule has 1 unspecified atom stereocenters. The molecule has 0 aromatic heterocycles. The first-order valence-electron chi connectivity index (χ1n) is 5.97. The summed E-state index contributed by atoms with van der Waals surface area (Å²) in [6.45, 7) is 0.401. The highest BCUT2D eigenvalue weighted by atomic mass is 31.0. The van der Waals surface area contributed by atoms with Crippen molar-refractivity contribution < 1.29 is 27.8 Å². The van der Waals surface area contributed by atoms with Crippen molar-refractivity contribution in [1.29, 1.82) is 0 Å². The zero-order valence-corrected chi connectivity index (χ0v) is 12.3. The summed E-state index contributed by atoms with van der Waals surface area (Å²) in [7, 11) is 2.92. The number of hydrogen-bond acceptors (Lipinski definition) is 4. The standard InChI is InChI=1S/C13H17F2O4P/c1-17-12-8-11(3-2-10(12)9-16)19-7-6-18-5-4-13(14,15)20/h2-3,8-9H,4-7,20H2,1H3. The first kappa shape index (κ1) is 16.8. The molecule has 1 atom stereocenters. The van der Waals surface area contributed by atoms with Crippen LogP contribution in [-0.2, 0) is 4.74 Å². The SMILES string of the molecule is COc1cc(OCCOCCC(F)(F)P)ccc1C=O. The Morgan fingerprint density at radius 1 is 1.30 bits per heavy atom. The topological polar surface area (TPSA) is 44.8 Å². The van der Waals surface area contributed by atoms with Crippen molar-refractivity contribution in [3.8, 4) is 11.5 Å². The summed E-state index contributed by atoms with van der Waals surface area (Å²) in [5, 5.41) is 0. The van der Waals surface area contributed by atoms with Crippen molar-refractivity contribution in [1.82, 2.24) is 0 Å². The number of benzene rings is 1. The van der Waals surface area contributed by atoms with Gasteiger partial charge in [-0.25, -0.2) is 8.78 Å². The van der Waals surface area contributed by atoms with Gasteiger partial charge in [-0.2, -0.15) is 0 Å². The molecule has 7 heteroatoms. The minimum Gasteiger partial charge on any atom is -0.496 e. The van der Waals surface area contributed by atoms with E-state index in [4.69, 9.17) is 14.2 Å². The van der Waals surface area contributed by atoms with Crippen LogP contribution in [0.2, 0.25) is 0 Å². The average molecular weight is 306 g/mol. The minimum atomic E-state index is -2.79. The van der Waals surface area contributed by atoms with Crippen LogP contribution in [0.25, 0.3) is 0 Å². The highest BCUT2D eigenvalue weighted by Crippen LogP contribution is 2.26. The van der Waals surface area contributed by atoms with Crippen molar-refractivity contribution in [2.75, 3.05) is 26.9 Å². The lowest BCUT2D eigenvalue weighted by Crippen LogP contribution is -2.13. The molecule has 0 N–H and O–H groups in total. The third-order valence-corrected chi connectivity index (χ3v) is 2.70. The fourth-order valence-corrected chi connectivity index (χ4v) is 1.53. The zero-order chi connectivity index (χ0) is 15.0. The van der Waals surface area contributed by atoms with Crippen molar-refractivity contribution >= 4 is 15.5 Å². The van der Waals surface area contributed by atoms with Crippen molar-refractivity contribution in [3.05, 3.63) is 23.8 Å². The van der Waals surface area contributed by atoms with Gasteiger partial charge in [-0.1, -0.05) is 9.24 Å². The van der Waals surface area contributed by atoms with E-state index in [1.807, 2.05) is 0 Å². The molecule has 0 aliphatic heterocycles. The van der Waals surface area contributed by atoms with Crippen LogP contribution in [-0.4, -0.2) is 38.9 Å². The highest BCUT2D eigenvalue weighted by molar-refractivity contribution is 7.18. The maximum absolute atomic E-state index is 12.5. The molecule has 0 aliphatic carbocycles. The Kier molecular flexibility index (Phi) is 6.82. The van der Waals surface area contributed by atoms with E-state index in [9.17, 15) is 13.6 Å². The van der Waals surface area contributed by atoms with Gasteiger partial charge in [-0.15, -0.1) is 0 Å². The fourth-order valence-electron chi connectivity index (χ4n) is 1.41. The number of ether oxygens (including phenoxy) is 3. The summed E-state index contributed by atoms with van der Waals surface area (Å²) in [5.41, 5.74) is -2.36. The van der Waals surface area contributed by atoms with Gasteiger partial charge in [-0.05, 0) is 12.1 Å². The van der Waals surface area contributed by atoms with E-state index in [0.717, 1.165) is 0 Å². The van der Waals surface area contributed by atoms with Gasteiger partial charge in [0, 0.05) is 12.5 Å². The van der Waals surface area contributed by atoms with E-state index >= 15 is 0 Å². The number of alkyl halides is 2. The summed E-state index contributed by atoms with van der Waals surface area (Å²) >= 11 is 0. The van der Waals surface area contributed by atoms with Gasteiger partial charge in [0.2, 0.25) is 0 Å². The predicted octanol–water partition coefficient (Wildman–Crippen LogP) is 2.76. The normalized spacial score (nSPS) is 11.2. The molecule has 0 amide bonds. The number of carbonyl (C=O) groups is 1. The second-order valence-corrected chi connectivity index (χ2v) is 4.84. The molecule has 0 saturated heterocycles. The van der Waals surface area contributed by atoms with E-state index in [2.05, 4.69) is 0 Å². The summed E-state index contributed by atoms with van der Waals surface area (Å²) in [6.07, 6.45) is 0.341. The average Bonchev–Trinajstić information content (AvgIpc) is 2.41. The number of hydrogen-bond donors (Lipinski definition) is 0. The maximum Gasteiger partial charge on any atom is 0.261 e. The molecule has 1 aromatic carbocycles. The first-order chi connectivity index (χ1) is 9.46. The quantitative estimate of drug-likeness (QED) is 0.400. The first-order valence-corrected chi connectivity index (χ1v) is 6.54. The van der Waals surface area contributed by atoms with Crippen LogP contribution in [0.3, 0.4) is 0 Å². The van der Waals surface area contributed by atoms with Crippen LogP contribution in [0.5, 0.6) is 11.5 Å². The predicted molar refractivity (Wildman–Crippen MR) is 74.0 cm³/mol. The molecular formula is C13H17F2O4P. The monoisotopic (exact) mass is 306 g/mol. The molecule has 112 valence electrons. The Balaban J connectivity index is 2.30. The molecule has 0 spiro atoms. The molecular weight excluding hydrogens is 289 g/mol. The lowest BCUT2D eigenvalue weighted by Gasteiger charge is -2.11. The van der Waals surface area contributed by atoms with Gasteiger partial charge in [0.1, 0.15) is 18.1 Å². The Hall–Kier alpha value is -1.26. The molecule has 0 aliphatic rings. The minimum absolute atomic E-state index is 0.0345. The van der Waals surface area contributed by atoms with Gasteiger partial charge in [-0.3, -0.25) is 4.79 Å². The van der Waals surface area contributed by atoms with Crippen LogP contribution >= 0.6 is 9.24 Å². The van der Waals surface area contributed by atoms with Crippen LogP contribution in [0, 0.1) is 0 Å². The number of methoxy groups -OCH3 is 1. The van der Waals surface area contributed by atoms with E-state index < -0.39 is 5.66 Å². The van der Waals surface area contributed by atoms with E-state index in [0.29, 0.717) is 23.3 Å². The van der Waals surface area contributed by atoms with Gasteiger partial charge in [0.15, 0.2) is 6.29 Å². The van der Waals surface area contributed by atoms with Gasteiger partial charge < -0.3 is 14.2 Å². The van der Waals surface area contributed by atoms with Crippen LogP contribution in [0.4, 0.5) is 8.78 Å². The van der Waals surface area contributed by atoms with Gasteiger partial charge >= 0.3 is 0 Å². The summed E-state index contributed by atoms with van der Waals surface area (Å²) in [6, 6.07) is 4.79. The van der Waals surface area contributed by atoms with Crippen molar-refractivity contribution in [2.24, 2.45) is 0 Å². The van der Waals surface area contributed by atoms with Crippen LogP contribution < -0.4 is 9.47 Å². The number of carbonyl (C=O) groups excluding carboxylic acids is 1. The number of rotatable bonds is 9.